The van der Waals surface area contributed by atoms with Gasteiger partial charge in [0.2, 0.25) is 5.89 Å². The number of halogens is 3. The van der Waals surface area contributed by atoms with Crippen LogP contribution < -0.4 is 5.73 Å². The van der Waals surface area contributed by atoms with Crippen LogP contribution in [-0.4, -0.2) is 11.2 Å². The summed E-state index contributed by atoms with van der Waals surface area (Å²) in [6.07, 6.45) is -5.49. The number of benzene rings is 1. The number of nitrogens with zero attached hydrogens (tertiary/aromatic N) is 1. The van der Waals surface area contributed by atoms with E-state index in [0.717, 1.165) is 0 Å². The van der Waals surface area contributed by atoms with Crippen LogP contribution in [0, 0.1) is 6.92 Å². The molecule has 2 N–H and O–H groups in total. The number of nitrogen functional groups attached to an aromatic ring is 1. The summed E-state index contributed by atoms with van der Waals surface area (Å²) in [5, 5.41) is 0. The van der Waals surface area contributed by atoms with Crippen LogP contribution in [0.4, 0.5) is 18.9 Å². The number of hydrogen-bond acceptors (Lipinski definition) is 3. The van der Waals surface area contributed by atoms with Gasteiger partial charge in [0.25, 0.3) is 0 Å². The minimum Gasteiger partial charge on any atom is -0.445 e. The number of rotatable bonds is 2. The quantitative estimate of drug-likeness (QED) is 0.838. The van der Waals surface area contributed by atoms with Gasteiger partial charge in [-0.2, -0.15) is 13.2 Å². The van der Waals surface area contributed by atoms with E-state index >= 15 is 0 Å². The SMILES string of the molecule is Cc1oc(CC(F)(F)F)nc1-c1ccc(N)cc1. The first kappa shape index (κ1) is 12.5. The molecule has 18 heavy (non-hydrogen) atoms. The molecule has 0 saturated heterocycles. The summed E-state index contributed by atoms with van der Waals surface area (Å²) in [6, 6.07) is 6.70. The Morgan fingerprint density at radius 1 is 1.22 bits per heavy atom. The van der Waals surface area contributed by atoms with Crippen molar-refractivity contribution in [1.82, 2.24) is 4.98 Å². The first-order valence-corrected chi connectivity index (χ1v) is 5.24. The number of aryl methyl sites for hydroxylation is 1. The average molecular weight is 256 g/mol. The second-order valence-electron chi connectivity index (χ2n) is 3.93. The Kier molecular flexibility index (Phi) is 3.02. The lowest BCUT2D eigenvalue weighted by molar-refractivity contribution is -0.130. The molecule has 0 unspecified atom stereocenters. The van der Waals surface area contributed by atoms with Gasteiger partial charge in [0, 0.05) is 11.3 Å². The van der Waals surface area contributed by atoms with E-state index in [2.05, 4.69) is 4.98 Å². The van der Waals surface area contributed by atoms with Crippen LogP contribution in [0.1, 0.15) is 11.7 Å². The molecular weight excluding hydrogens is 245 g/mol. The zero-order valence-electron chi connectivity index (χ0n) is 9.58. The number of hydrogen-bond donors (Lipinski definition) is 1. The smallest absolute Gasteiger partial charge is 0.397 e. The lowest BCUT2D eigenvalue weighted by atomic mass is 10.1. The predicted octanol–water partition coefficient (Wildman–Crippen LogP) is 3.34. The molecule has 6 heteroatoms. The summed E-state index contributed by atoms with van der Waals surface area (Å²) in [5.74, 6) is 0.0332. The molecule has 0 aliphatic carbocycles. The van der Waals surface area contributed by atoms with E-state index in [9.17, 15) is 13.2 Å². The number of aromatic nitrogens is 1. The fourth-order valence-corrected chi connectivity index (χ4v) is 1.61. The van der Waals surface area contributed by atoms with Crippen LogP contribution in [0.25, 0.3) is 11.3 Å². The fraction of sp³-hybridized carbons (Fsp3) is 0.250. The largest absolute Gasteiger partial charge is 0.445 e. The molecule has 0 atom stereocenters. The van der Waals surface area contributed by atoms with Crippen molar-refractivity contribution < 1.29 is 17.6 Å². The number of oxazole rings is 1. The van der Waals surface area contributed by atoms with Gasteiger partial charge in [-0.05, 0) is 19.1 Å². The summed E-state index contributed by atoms with van der Waals surface area (Å²) in [7, 11) is 0. The molecule has 1 heterocycles. The summed E-state index contributed by atoms with van der Waals surface area (Å²) < 4.78 is 41.7. The predicted molar refractivity (Wildman–Crippen MR) is 60.8 cm³/mol. The maximum atomic E-state index is 12.2. The monoisotopic (exact) mass is 256 g/mol. The Morgan fingerprint density at radius 2 is 1.83 bits per heavy atom. The third-order valence-corrected chi connectivity index (χ3v) is 2.38. The van der Waals surface area contributed by atoms with Crippen molar-refractivity contribution in [2.75, 3.05) is 5.73 Å². The van der Waals surface area contributed by atoms with Crippen molar-refractivity contribution in [3.63, 3.8) is 0 Å². The highest BCUT2D eigenvalue weighted by Gasteiger charge is 2.31. The average Bonchev–Trinajstić information content (AvgIpc) is 2.58. The normalized spacial score (nSPS) is 11.8. The Hall–Kier alpha value is -1.98. The minimum atomic E-state index is -4.32. The molecule has 0 amide bonds. The molecule has 0 bridgehead atoms. The van der Waals surface area contributed by atoms with Gasteiger partial charge >= 0.3 is 6.18 Å². The third-order valence-electron chi connectivity index (χ3n) is 2.38. The van der Waals surface area contributed by atoms with Gasteiger partial charge < -0.3 is 10.2 Å². The number of nitrogens with two attached hydrogens (primary N) is 1. The van der Waals surface area contributed by atoms with E-state index in [4.69, 9.17) is 10.2 Å². The van der Waals surface area contributed by atoms with Crippen LogP contribution in [0.15, 0.2) is 28.7 Å². The van der Waals surface area contributed by atoms with Gasteiger partial charge in [-0.15, -0.1) is 0 Å². The Bertz CT molecular complexity index is 543. The van der Waals surface area contributed by atoms with Crippen molar-refractivity contribution in [2.45, 2.75) is 19.5 Å². The second kappa shape index (κ2) is 4.36. The fourth-order valence-electron chi connectivity index (χ4n) is 1.61. The van der Waals surface area contributed by atoms with E-state index < -0.39 is 12.6 Å². The zero-order valence-corrected chi connectivity index (χ0v) is 9.58. The molecule has 0 radical (unpaired) electrons. The van der Waals surface area contributed by atoms with E-state index in [1.807, 2.05) is 0 Å². The third kappa shape index (κ3) is 2.82. The van der Waals surface area contributed by atoms with E-state index in [-0.39, 0.29) is 5.89 Å². The van der Waals surface area contributed by atoms with Crippen molar-refractivity contribution in [1.29, 1.82) is 0 Å². The number of anilines is 1. The molecule has 1 aromatic heterocycles. The van der Waals surface area contributed by atoms with Crippen LogP contribution in [-0.2, 0) is 6.42 Å². The molecule has 0 aliphatic rings. The molecule has 0 fully saturated rings. The molecule has 0 aliphatic heterocycles. The maximum absolute atomic E-state index is 12.2. The van der Waals surface area contributed by atoms with Crippen LogP contribution in [0.3, 0.4) is 0 Å². The highest BCUT2D eigenvalue weighted by atomic mass is 19.4. The van der Waals surface area contributed by atoms with Crippen LogP contribution >= 0.6 is 0 Å². The van der Waals surface area contributed by atoms with E-state index in [1.54, 1.807) is 31.2 Å². The maximum Gasteiger partial charge on any atom is 0.397 e. The van der Waals surface area contributed by atoms with E-state index in [1.165, 1.54) is 0 Å². The van der Waals surface area contributed by atoms with Crippen molar-refractivity contribution in [3.05, 3.63) is 35.9 Å². The Labute approximate surface area is 101 Å². The molecule has 0 saturated carbocycles. The highest BCUT2D eigenvalue weighted by Crippen LogP contribution is 2.27. The molecule has 96 valence electrons. The molecule has 0 spiro atoms. The first-order valence-electron chi connectivity index (χ1n) is 5.24. The molecule has 1 aromatic carbocycles. The van der Waals surface area contributed by atoms with E-state index in [0.29, 0.717) is 22.7 Å². The van der Waals surface area contributed by atoms with Crippen molar-refractivity contribution >= 4 is 5.69 Å². The molecule has 2 aromatic rings. The van der Waals surface area contributed by atoms with Gasteiger partial charge in [-0.25, -0.2) is 4.98 Å². The summed E-state index contributed by atoms with van der Waals surface area (Å²) in [6.45, 7) is 1.58. The van der Waals surface area contributed by atoms with Gasteiger partial charge in [0.15, 0.2) is 0 Å². The highest BCUT2D eigenvalue weighted by molar-refractivity contribution is 5.63. The van der Waals surface area contributed by atoms with Crippen molar-refractivity contribution in [3.8, 4) is 11.3 Å². The van der Waals surface area contributed by atoms with Gasteiger partial charge in [-0.1, -0.05) is 12.1 Å². The van der Waals surface area contributed by atoms with Gasteiger partial charge in [0.05, 0.1) is 0 Å². The lowest BCUT2D eigenvalue weighted by Crippen LogP contribution is -2.11. The minimum absolute atomic E-state index is 0.327. The van der Waals surface area contributed by atoms with Gasteiger partial charge in [-0.3, -0.25) is 0 Å². The summed E-state index contributed by atoms with van der Waals surface area (Å²) >= 11 is 0. The Balaban J connectivity index is 2.32. The number of alkyl halides is 3. The van der Waals surface area contributed by atoms with Crippen LogP contribution in [0.5, 0.6) is 0 Å². The second-order valence-corrected chi connectivity index (χ2v) is 3.93. The zero-order chi connectivity index (χ0) is 13.3. The standard InChI is InChI=1S/C12H11F3N2O/c1-7-11(8-2-4-9(16)5-3-8)17-10(18-7)6-12(13,14)15/h2-5H,6,16H2,1H3. The first-order chi connectivity index (χ1) is 8.35. The topological polar surface area (TPSA) is 52.0 Å². The van der Waals surface area contributed by atoms with Crippen molar-refractivity contribution in [2.24, 2.45) is 0 Å². The molecular formula is C12H11F3N2O. The lowest BCUT2D eigenvalue weighted by Gasteiger charge is -2.00. The summed E-state index contributed by atoms with van der Waals surface area (Å²) in [4.78, 5) is 3.87. The van der Waals surface area contributed by atoms with Gasteiger partial charge in [0.1, 0.15) is 17.9 Å². The molecule has 3 nitrogen and oxygen atoms in total. The Morgan fingerprint density at radius 3 is 2.39 bits per heavy atom. The van der Waals surface area contributed by atoms with Crippen LogP contribution in [0.2, 0.25) is 0 Å². The molecule has 2 rings (SSSR count). The summed E-state index contributed by atoms with van der Waals surface area (Å²) in [5.41, 5.74) is 7.21.